The number of aliphatic carboxylic acids is 2. The van der Waals surface area contributed by atoms with Crippen LogP contribution in [-0.4, -0.2) is 52.2 Å². The summed E-state index contributed by atoms with van der Waals surface area (Å²) in [4.78, 5) is 21.5. The third kappa shape index (κ3) is 8.34. The predicted molar refractivity (Wildman–Crippen MR) is 110 cm³/mol. The van der Waals surface area contributed by atoms with E-state index in [1.807, 2.05) is 0 Å². The maximum atomic E-state index is 13.3. The smallest absolute Gasteiger partial charge is 0.416 e. The Labute approximate surface area is 179 Å². The minimum absolute atomic E-state index is 0.403. The molecular weight excluding hydrogens is 413 g/mol. The Morgan fingerprint density at radius 1 is 0.968 bits per heavy atom. The SMILES string of the molecule is FC(F)(F)c1ccccc1CN(C1CCCC1)C1CCNCC1.O=C(O)/C=C/C(=O)O. The molecule has 0 radical (unpaired) electrons. The van der Waals surface area contributed by atoms with Crippen molar-refractivity contribution in [2.45, 2.75) is 63.3 Å². The lowest BCUT2D eigenvalue weighted by Crippen LogP contribution is -2.47. The van der Waals surface area contributed by atoms with Crippen LogP contribution in [0.5, 0.6) is 0 Å². The van der Waals surface area contributed by atoms with Gasteiger partial charge in [-0.15, -0.1) is 0 Å². The van der Waals surface area contributed by atoms with Crippen LogP contribution >= 0.6 is 0 Å². The van der Waals surface area contributed by atoms with Gasteiger partial charge in [-0.1, -0.05) is 31.0 Å². The van der Waals surface area contributed by atoms with Gasteiger partial charge in [0.15, 0.2) is 0 Å². The van der Waals surface area contributed by atoms with Crippen molar-refractivity contribution < 1.29 is 33.0 Å². The lowest BCUT2D eigenvalue weighted by molar-refractivity contribution is -0.138. The quantitative estimate of drug-likeness (QED) is 0.579. The molecule has 0 spiro atoms. The van der Waals surface area contributed by atoms with E-state index in [0.29, 0.717) is 36.3 Å². The van der Waals surface area contributed by atoms with Gasteiger partial charge in [-0.05, 0) is 50.4 Å². The van der Waals surface area contributed by atoms with Crippen molar-refractivity contribution in [2.75, 3.05) is 13.1 Å². The molecule has 1 saturated carbocycles. The topological polar surface area (TPSA) is 89.9 Å². The monoisotopic (exact) mass is 442 g/mol. The van der Waals surface area contributed by atoms with E-state index in [0.717, 1.165) is 38.8 Å². The molecule has 1 aliphatic carbocycles. The lowest BCUT2D eigenvalue weighted by atomic mass is 9.99. The number of halogens is 3. The third-order valence-corrected chi connectivity index (χ3v) is 5.62. The number of benzene rings is 1. The average molecular weight is 442 g/mol. The first-order chi connectivity index (χ1) is 14.7. The Morgan fingerprint density at radius 3 is 2.00 bits per heavy atom. The minimum atomic E-state index is -4.27. The summed E-state index contributed by atoms with van der Waals surface area (Å²) in [6, 6.07) is 6.91. The number of hydrogen-bond acceptors (Lipinski definition) is 4. The van der Waals surface area contributed by atoms with Crippen LogP contribution in [0.1, 0.15) is 49.7 Å². The van der Waals surface area contributed by atoms with Crippen molar-refractivity contribution in [3.05, 3.63) is 47.5 Å². The van der Waals surface area contributed by atoms with Crippen LogP contribution in [0, 0.1) is 0 Å². The molecule has 1 heterocycles. The number of piperidine rings is 1. The molecule has 31 heavy (non-hydrogen) atoms. The largest absolute Gasteiger partial charge is 0.478 e. The summed E-state index contributed by atoms with van der Waals surface area (Å²) < 4.78 is 39.9. The first kappa shape index (κ1) is 24.9. The van der Waals surface area contributed by atoms with E-state index in [-0.39, 0.29) is 0 Å². The maximum absolute atomic E-state index is 13.3. The molecule has 0 unspecified atom stereocenters. The number of carbonyl (C=O) groups is 2. The Balaban J connectivity index is 0.000000366. The maximum Gasteiger partial charge on any atom is 0.416 e. The van der Waals surface area contributed by atoms with Crippen molar-refractivity contribution in [3.63, 3.8) is 0 Å². The van der Waals surface area contributed by atoms with E-state index in [2.05, 4.69) is 10.2 Å². The highest BCUT2D eigenvalue weighted by Gasteiger charge is 2.35. The van der Waals surface area contributed by atoms with E-state index < -0.39 is 23.7 Å². The second kappa shape index (κ2) is 11.9. The van der Waals surface area contributed by atoms with Gasteiger partial charge < -0.3 is 15.5 Å². The van der Waals surface area contributed by atoms with Crippen LogP contribution in [0.2, 0.25) is 0 Å². The molecule has 1 aromatic carbocycles. The zero-order chi connectivity index (χ0) is 22.9. The summed E-state index contributed by atoms with van der Waals surface area (Å²) in [5.74, 6) is -2.51. The highest BCUT2D eigenvalue weighted by molar-refractivity contribution is 5.89. The third-order valence-electron chi connectivity index (χ3n) is 5.62. The number of hydrogen-bond donors (Lipinski definition) is 3. The zero-order valence-corrected chi connectivity index (χ0v) is 17.3. The molecule has 6 nitrogen and oxygen atoms in total. The van der Waals surface area contributed by atoms with E-state index in [9.17, 15) is 22.8 Å². The fourth-order valence-electron chi connectivity index (χ4n) is 4.20. The van der Waals surface area contributed by atoms with E-state index in [4.69, 9.17) is 10.2 Å². The lowest BCUT2D eigenvalue weighted by Gasteiger charge is -2.39. The molecule has 0 bridgehead atoms. The van der Waals surface area contributed by atoms with Crippen LogP contribution in [0.3, 0.4) is 0 Å². The molecule has 3 rings (SSSR count). The number of carboxylic acid groups (broad SMARTS) is 2. The van der Waals surface area contributed by atoms with Gasteiger partial charge in [0, 0.05) is 30.8 Å². The highest BCUT2D eigenvalue weighted by Crippen LogP contribution is 2.35. The highest BCUT2D eigenvalue weighted by atomic mass is 19.4. The summed E-state index contributed by atoms with van der Waals surface area (Å²) in [5.41, 5.74) is -0.0534. The first-order valence-corrected chi connectivity index (χ1v) is 10.4. The molecule has 1 aliphatic heterocycles. The minimum Gasteiger partial charge on any atom is -0.478 e. The van der Waals surface area contributed by atoms with Crippen LogP contribution < -0.4 is 5.32 Å². The second-order valence-electron chi connectivity index (χ2n) is 7.76. The molecule has 2 fully saturated rings. The Morgan fingerprint density at radius 2 is 1.48 bits per heavy atom. The van der Waals surface area contributed by atoms with Gasteiger partial charge in [-0.3, -0.25) is 4.90 Å². The fraction of sp³-hybridized carbons (Fsp3) is 0.545. The molecule has 9 heteroatoms. The second-order valence-corrected chi connectivity index (χ2v) is 7.76. The molecule has 172 valence electrons. The Kier molecular flexibility index (Phi) is 9.51. The van der Waals surface area contributed by atoms with Gasteiger partial charge in [0.25, 0.3) is 0 Å². The number of nitrogens with one attached hydrogen (secondary N) is 1. The van der Waals surface area contributed by atoms with E-state index in [1.54, 1.807) is 12.1 Å². The summed E-state index contributed by atoms with van der Waals surface area (Å²) in [7, 11) is 0. The van der Waals surface area contributed by atoms with Gasteiger partial charge in [-0.2, -0.15) is 13.2 Å². The van der Waals surface area contributed by atoms with Crippen molar-refractivity contribution in [2.24, 2.45) is 0 Å². The molecule has 1 aromatic rings. The molecular formula is C22H29F3N2O4. The summed E-state index contributed by atoms with van der Waals surface area (Å²) in [5, 5.41) is 19.0. The van der Waals surface area contributed by atoms with Crippen molar-refractivity contribution >= 4 is 11.9 Å². The Bertz CT molecular complexity index is 739. The normalized spacial score (nSPS) is 18.2. The standard InChI is InChI=1S/C18H25F3N2.C4H4O4/c19-18(20,21)17-8-4-1-5-14(17)13-23(15-6-2-3-7-15)16-9-11-22-12-10-16;5-3(6)1-2-4(7)8/h1,4-5,8,15-16,22H,2-3,6-7,9-13H2;1-2H,(H,5,6)(H,7,8)/b;2-1+. The molecule has 2 aliphatic rings. The van der Waals surface area contributed by atoms with Crippen LogP contribution in [0.25, 0.3) is 0 Å². The fourth-order valence-corrected chi connectivity index (χ4v) is 4.20. The van der Waals surface area contributed by atoms with E-state index in [1.165, 1.54) is 25.0 Å². The van der Waals surface area contributed by atoms with Crippen LogP contribution in [0.15, 0.2) is 36.4 Å². The molecule has 0 amide bonds. The van der Waals surface area contributed by atoms with Crippen molar-refractivity contribution in [1.82, 2.24) is 10.2 Å². The number of carboxylic acids is 2. The first-order valence-electron chi connectivity index (χ1n) is 10.4. The molecule has 0 aromatic heterocycles. The zero-order valence-electron chi connectivity index (χ0n) is 17.3. The van der Waals surface area contributed by atoms with Gasteiger partial charge in [0.2, 0.25) is 0 Å². The van der Waals surface area contributed by atoms with Gasteiger partial charge in [0.05, 0.1) is 5.56 Å². The van der Waals surface area contributed by atoms with Crippen LogP contribution in [0.4, 0.5) is 13.2 Å². The summed E-state index contributed by atoms with van der Waals surface area (Å²) >= 11 is 0. The number of alkyl halides is 3. The molecule has 1 saturated heterocycles. The number of rotatable bonds is 6. The van der Waals surface area contributed by atoms with Crippen molar-refractivity contribution in [3.8, 4) is 0 Å². The van der Waals surface area contributed by atoms with E-state index >= 15 is 0 Å². The number of nitrogens with zero attached hydrogens (tertiary/aromatic N) is 1. The predicted octanol–water partition coefficient (Wildman–Crippen LogP) is 3.91. The van der Waals surface area contributed by atoms with Gasteiger partial charge in [0.1, 0.15) is 0 Å². The average Bonchev–Trinajstić information content (AvgIpc) is 3.26. The molecule has 3 N–H and O–H groups in total. The Hall–Kier alpha value is -2.39. The van der Waals surface area contributed by atoms with Gasteiger partial charge >= 0.3 is 18.1 Å². The summed E-state index contributed by atoms with van der Waals surface area (Å²) in [6.07, 6.45) is 3.56. The van der Waals surface area contributed by atoms with Crippen LogP contribution in [-0.2, 0) is 22.3 Å². The summed E-state index contributed by atoms with van der Waals surface area (Å²) in [6.45, 7) is 2.36. The molecule has 0 atom stereocenters. The van der Waals surface area contributed by atoms with Crippen molar-refractivity contribution in [1.29, 1.82) is 0 Å². The van der Waals surface area contributed by atoms with Gasteiger partial charge in [-0.25, -0.2) is 9.59 Å².